The predicted molar refractivity (Wildman–Crippen MR) is 61.3 cm³/mol. The van der Waals surface area contributed by atoms with Crippen molar-refractivity contribution in [3.63, 3.8) is 0 Å². The van der Waals surface area contributed by atoms with Crippen LogP contribution in [0.3, 0.4) is 0 Å². The topological polar surface area (TPSA) is 9.23 Å². The van der Waals surface area contributed by atoms with Gasteiger partial charge >= 0.3 is 0 Å². The molecule has 14 heavy (non-hydrogen) atoms. The lowest BCUT2D eigenvalue weighted by molar-refractivity contribution is -0.149. The minimum atomic E-state index is 0.464. The van der Waals surface area contributed by atoms with Crippen molar-refractivity contribution in [1.29, 1.82) is 0 Å². The molecule has 1 fully saturated rings. The van der Waals surface area contributed by atoms with Crippen LogP contribution in [0.4, 0.5) is 0 Å². The van der Waals surface area contributed by atoms with Gasteiger partial charge in [0.2, 0.25) is 0 Å². The van der Waals surface area contributed by atoms with Crippen LogP contribution in [0.15, 0.2) is 0 Å². The molecule has 0 aromatic heterocycles. The molecule has 0 aromatic carbocycles. The van der Waals surface area contributed by atoms with E-state index >= 15 is 0 Å². The van der Waals surface area contributed by atoms with Gasteiger partial charge in [-0.3, -0.25) is 0 Å². The van der Waals surface area contributed by atoms with Gasteiger partial charge in [0, 0.05) is 0 Å². The van der Waals surface area contributed by atoms with Crippen molar-refractivity contribution < 1.29 is 4.74 Å². The summed E-state index contributed by atoms with van der Waals surface area (Å²) in [5.74, 6) is 2.85. The Hall–Kier alpha value is -0.0400. The minimum absolute atomic E-state index is 0.464. The maximum atomic E-state index is 6.19. The second kappa shape index (κ2) is 4.65. The Kier molecular flexibility index (Phi) is 4.00. The number of ether oxygens (including phenoxy) is 1. The summed E-state index contributed by atoms with van der Waals surface area (Å²) in [6.45, 7) is 13.9. The van der Waals surface area contributed by atoms with Gasteiger partial charge in [0.1, 0.15) is 0 Å². The first-order valence-electron chi connectivity index (χ1n) is 6.14. The zero-order valence-electron chi connectivity index (χ0n) is 10.6. The fourth-order valence-electron chi connectivity index (χ4n) is 2.80. The van der Waals surface area contributed by atoms with Crippen LogP contribution in [-0.4, -0.2) is 12.2 Å². The second-order valence-electron chi connectivity index (χ2n) is 5.37. The standard InChI is InChI=1S/C13H26O/c1-7-12-10(5)9(4)11(6)13(14-12)8(2)3/h8-13H,7H2,1-6H3. The lowest BCUT2D eigenvalue weighted by Crippen LogP contribution is -2.46. The van der Waals surface area contributed by atoms with E-state index in [4.69, 9.17) is 4.74 Å². The van der Waals surface area contributed by atoms with E-state index in [0.717, 1.165) is 12.3 Å². The lowest BCUT2D eigenvalue weighted by Gasteiger charge is -2.45. The summed E-state index contributed by atoms with van der Waals surface area (Å²) in [6, 6.07) is 0. The third kappa shape index (κ3) is 2.13. The fraction of sp³-hybridized carbons (Fsp3) is 1.00. The summed E-state index contributed by atoms with van der Waals surface area (Å²) in [7, 11) is 0. The van der Waals surface area contributed by atoms with Crippen molar-refractivity contribution in [3.8, 4) is 0 Å². The smallest absolute Gasteiger partial charge is 0.0630 e. The molecule has 5 unspecified atom stereocenters. The van der Waals surface area contributed by atoms with Crippen LogP contribution in [0.2, 0.25) is 0 Å². The largest absolute Gasteiger partial charge is 0.374 e. The second-order valence-corrected chi connectivity index (χ2v) is 5.37. The van der Waals surface area contributed by atoms with Crippen LogP contribution < -0.4 is 0 Å². The van der Waals surface area contributed by atoms with E-state index in [1.807, 2.05) is 0 Å². The first-order chi connectivity index (χ1) is 6.49. The number of hydrogen-bond acceptors (Lipinski definition) is 1. The van der Waals surface area contributed by atoms with Gasteiger partial charge in [0.25, 0.3) is 0 Å². The maximum absolute atomic E-state index is 6.19. The van der Waals surface area contributed by atoms with Crippen molar-refractivity contribution in [2.75, 3.05) is 0 Å². The zero-order valence-corrected chi connectivity index (χ0v) is 10.6. The first kappa shape index (κ1) is 12.0. The van der Waals surface area contributed by atoms with Gasteiger partial charge in [-0.25, -0.2) is 0 Å². The maximum Gasteiger partial charge on any atom is 0.0630 e. The molecule has 0 spiro atoms. The van der Waals surface area contributed by atoms with Crippen LogP contribution >= 0.6 is 0 Å². The molecule has 1 rings (SSSR count). The SMILES string of the molecule is CCC1OC(C(C)C)C(C)C(C)C1C. The van der Waals surface area contributed by atoms with Crippen LogP contribution in [0.1, 0.15) is 48.0 Å². The normalized spacial score (nSPS) is 44.4. The Labute approximate surface area is 89.2 Å². The molecule has 1 saturated heterocycles. The molecule has 0 amide bonds. The van der Waals surface area contributed by atoms with Gasteiger partial charge < -0.3 is 4.74 Å². The van der Waals surface area contributed by atoms with E-state index in [2.05, 4.69) is 41.5 Å². The van der Waals surface area contributed by atoms with Gasteiger partial charge in [0.05, 0.1) is 12.2 Å². The van der Waals surface area contributed by atoms with E-state index < -0.39 is 0 Å². The van der Waals surface area contributed by atoms with E-state index in [0.29, 0.717) is 30.0 Å². The lowest BCUT2D eigenvalue weighted by atomic mass is 9.73. The average Bonchev–Trinajstić information content (AvgIpc) is 2.14. The summed E-state index contributed by atoms with van der Waals surface area (Å²) in [6.07, 6.45) is 2.10. The molecule has 84 valence electrons. The van der Waals surface area contributed by atoms with Gasteiger partial charge in [-0.15, -0.1) is 0 Å². The highest BCUT2D eigenvalue weighted by Crippen LogP contribution is 2.38. The van der Waals surface area contributed by atoms with E-state index in [9.17, 15) is 0 Å². The quantitative estimate of drug-likeness (QED) is 0.657. The minimum Gasteiger partial charge on any atom is -0.374 e. The molecule has 0 aliphatic carbocycles. The zero-order chi connectivity index (χ0) is 10.9. The van der Waals surface area contributed by atoms with Crippen LogP contribution in [-0.2, 0) is 4.74 Å². The van der Waals surface area contributed by atoms with Crippen LogP contribution in [0.5, 0.6) is 0 Å². The van der Waals surface area contributed by atoms with Gasteiger partial charge in [-0.2, -0.15) is 0 Å². The summed E-state index contributed by atoms with van der Waals surface area (Å²) in [5, 5.41) is 0. The molecular formula is C13H26O. The Morgan fingerprint density at radius 3 is 2.00 bits per heavy atom. The van der Waals surface area contributed by atoms with Crippen molar-refractivity contribution in [1.82, 2.24) is 0 Å². The Balaban J connectivity index is 2.73. The number of rotatable bonds is 2. The molecular weight excluding hydrogens is 172 g/mol. The average molecular weight is 198 g/mol. The van der Waals surface area contributed by atoms with Gasteiger partial charge in [-0.05, 0) is 30.1 Å². The molecule has 5 atom stereocenters. The predicted octanol–water partition coefficient (Wildman–Crippen LogP) is 3.73. The van der Waals surface area contributed by atoms with Crippen LogP contribution in [0, 0.1) is 23.7 Å². The summed E-state index contributed by atoms with van der Waals surface area (Å²) in [4.78, 5) is 0. The monoisotopic (exact) mass is 198 g/mol. The molecule has 1 aliphatic heterocycles. The molecule has 1 aliphatic rings. The van der Waals surface area contributed by atoms with Crippen molar-refractivity contribution >= 4 is 0 Å². The summed E-state index contributed by atoms with van der Waals surface area (Å²) in [5.41, 5.74) is 0. The Morgan fingerprint density at radius 1 is 1.00 bits per heavy atom. The summed E-state index contributed by atoms with van der Waals surface area (Å²) >= 11 is 0. The fourth-order valence-corrected chi connectivity index (χ4v) is 2.80. The molecule has 0 N–H and O–H groups in total. The van der Waals surface area contributed by atoms with Crippen LogP contribution in [0.25, 0.3) is 0 Å². The van der Waals surface area contributed by atoms with Crippen molar-refractivity contribution in [3.05, 3.63) is 0 Å². The highest BCUT2D eigenvalue weighted by Gasteiger charge is 2.39. The van der Waals surface area contributed by atoms with E-state index in [1.165, 1.54) is 0 Å². The molecule has 1 heteroatoms. The van der Waals surface area contributed by atoms with E-state index in [1.54, 1.807) is 0 Å². The highest BCUT2D eigenvalue weighted by atomic mass is 16.5. The molecule has 0 saturated carbocycles. The molecule has 0 aromatic rings. The highest BCUT2D eigenvalue weighted by molar-refractivity contribution is 4.86. The molecule has 0 radical (unpaired) electrons. The van der Waals surface area contributed by atoms with Crippen molar-refractivity contribution in [2.24, 2.45) is 23.7 Å². The Bertz CT molecular complexity index is 174. The molecule has 0 bridgehead atoms. The molecule has 1 heterocycles. The van der Waals surface area contributed by atoms with E-state index in [-0.39, 0.29) is 0 Å². The third-order valence-corrected chi connectivity index (χ3v) is 4.15. The van der Waals surface area contributed by atoms with Gasteiger partial charge in [0.15, 0.2) is 0 Å². The van der Waals surface area contributed by atoms with Gasteiger partial charge in [-0.1, -0.05) is 41.5 Å². The third-order valence-electron chi connectivity index (χ3n) is 4.15. The summed E-state index contributed by atoms with van der Waals surface area (Å²) < 4.78 is 6.19. The molecule has 1 nitrogen and oxygen atoms in total. The Morgan fingerprint density at radius 2 is 1.57 bits per heavy atom. The first-order valence-corrected chi connectivity index (χ1v) is 6.14. The van der Waals surface area contributed by atoms with Crippen molar-refractivity contribution in [2.45, 2.75) is 60.2 Å². The number of hydrogen-bond donors (Lipinski definition) is 0.